The Labute approximate surface area is 85.9 Å². The molecule has 1 fully saturated rings. The molecule has 4 nitrogen and oxygen atoms in total. The summed E-state index contributed by atoms with van der Waals surface area (Å²) in [6, 6.07) is 0. The van der Waals surface area contributed by atoms with Crippen LogP contribution in [0, 0.1) is 0 Å². The molecular formula is C10H21N3O. The summed E-state index contributed by atoms with van der Waals surface area (Å²) in [7, 11) is 1.67. The number of hydrogen-bond acceptors (Lipinski definition) is 2. The van der Waals surface area contributed by atoms with Crippen molar-refractivity contribution in [1.29, 1.82) is 0 Å². The highest BCUT2D eigenvalue weighted by atomic mass is 16.5. The van der Waals surface area contributed by atoms with Crippen molar-refractivity contribution >= 4 is 5.96 Å². The molecule has 0 radical (unpaired) electrons. The fraction of sp³-hybridized carbons (Fsp3) is 0.900. The second kappa shape index (κ2) is 6.65. The lowest BCUT2D eigenvalue weighted by Crippen LogP contribution is -2.34. The van der Waals surface area contributed by atoms with Crippen molar-refractivity contribution < 1.29 is 4.74 Å². The highest BCUT2D eigenvalue weighted by molar-refractivity contribution is 5.77. The van der Waals surface area contributed by atoms with Gasteiger partial charge in [-0.3, -0.25) is 4.99 Å². The third-order valence-corrected chi connectivity index (χ3v) is 2.55. The molecule has 0 aliphatic heterocycles. The predicted molar refractivity (Wildman–Crippen MR) is 58.4 cm³/mol. The van der Waals surface area contributed by atoms with E-state index in [4.69, 9.17) is 10.5 Å². The number of aliphatic imine (C=N–C) groups is 1. The van der Waals surface area contributed by atoms with Gasteiger partial charge < -0.3 is 15.8 Å². The molecular weight excluding hydrogens is 178 g/mol. The van der Waals surface area contributed by atoms with Crippen molar-refractivity contribution in [3.05, 3.63) is 0 Å². The zero-order chi connectivity index (χ0) is 10.2. The van der Waals surface area contributed by atoms with E-state index < -0.39 is 0 Å². The Bertz CT molecular complexity index is 176. The summed E-state index contributed by atoms with van der Waals surface area (Å²) < 4.78 is 5.70. The largest absolute Gasteiger partial charge is 0.376 e. The van der Waals surface area contributed by atoms with Crippen LogP contribution in [0.25, 0.3) is 0 Å². The molecule has 0 aromatic heterocycles. The van der Waals surface area contributed by atoms with E-state index in [1.54, 1.807) is 7.05 Å². The molecule has 0 bridgehead atoms. The molecule has 14 heavy (non-hydrogen) atoms. The average Bonchev–Trinajstić information content (AvgIpc) is 2.25. The van der Waals surface area contributed by atoms with Crippen LogP contribution in [-0.2, 0) is 4.74 Å². The summed E-state index contributed by atoms with van der Waals surface area (Å²) in [5.74, 6) is 0.484. The maximum absolute atomic E-state index is 5.70. The van der Waals surface area contributed by atoms with Crippen LogP contribution in [0.4, 0.5) is 0 Å². The minimum atomic E-state index is 0.477. The quantitative estimate of drug-likeness (QED) is 0.401. The molecule has 1 aliphatic carbocycles. The number of hydrogen-bond donors (Lipinski definition) is 2. The smallest absolute Gasteiger partial charge is 0.188 e. The van der Waals surface area contributed by atoms with Crippen molar-refractivity contribution in [2.24, 2.45) is 10.7 Å². The molecule has 0 unspecified atom stereocenters. The molecule has 0 atom stereocenters. The van der Waals surface area contributed by atoms with E-state index in [9.17, 15) is 0 Å². The monoisotopic (exact) mass is 199 g/mol. The molecule has 4 heteroatoms. The van der Waals surface area contributed by atoms with Crippen molar-refractivity contribution in [3.8, 4) is 0 Å². The fourth-order valence-corrected chi connectivity index (χ4v) is 1.72. The molecule has 3 N–H and O–H groups in total. The van der Waals surface area contributed by atoms with Gasteiger partial charge in [-0.1, -0.05) is 19.3 Å². The summed E-state index contributed by atoms with van der Waals surface area (Å²) in [4.78, 5) is 3.80. The van der Waals surface area contributed by atoms with Crippen molar-refractivity contribution in [3.63, 3.8) is 0 Å². The lowest BCUT2D eigenvalue weighted by molar-refractivity contribution is 0.0318. The molecule has 0 amide bonds. The Morgan fingerprint density at radius 2 is 2.14 bits per heavy atom. The van der Waals surface area contributed by atoms with Crippen LogP contribution in [0.5, 0.6) is 0 Å². The lowest BCUT2D eigenvalue weighted by Gasteiger charge is -2.22. The van der Waals surface area contributed by atoms with Crippen molar-refractivity contribution in [2.75, 3.05) is 20.2 Å². The number of guanidine groups is 1. The van der Waals surface area contributed by atoms with E-state index >= 15 is 0 Å². The molecule has 1 aliphatic rings. The molecule has 0 spiro atoms. The molecule has 0 aromatic carbocycles. The Morgan fingerprint density at radius 3 is 2.79 bits per heavy atom. The van der Waals surface area contributed by atoms with Gasteiger partial charge in [0.15, 0.2) is 5.96 Å². The number of rotatable bonds is 4. The summed E-state index contributed by atoms with van der Waals surface area (Å²) in [5.41, 5.74) is 5.48. The Hall–Kier alpha value is -0.770. The fourth-order valence-electron chi connectivity index (χ4n) is 1.72. The number of nitrogens with one attached hydrogen (secondary N) is 1. The average molecular weight is 199 g/mol. The Morgan fingerprint density at radius 1 is 1.43 bits per heavy atom. The van der Waals surface area contributed by atoms with E-state index in [0.717, 1.165) is 13.2 Å². The standard InChI is InChI=1S/C10H21N3O/c1-12-10(11)13-7-8-14-9-5-3-2-4-6-9/h9H,2-8H2,1H3,(H3,11,12,13). The summed E-state index contributed by atoms with van der Waals surface area (Å²) in [6.07, 6.45) is 6.92. The van der Waals surface area contributed by atoms with Gasteiger partial charge in [0.05, 0.1) is 12.7 Å². The summed E-state index contributed by atoms with van der Waals surface area (Å²) >= 11 is 0. The number of ether oxygens (including phenoxy) is 1. The third kappa shape index (κ3) is 4.46. The van der Waals surface area contributed by atoms with Crippen molar-refractivity contribution in [2.45, 2.75) is 38.2 Å². The predicted octanol–water partition coefficient (Wildman–Crippen LogP) is 0.870. The van der Waals surface area contributed by atoms with Crippen LogP contribution < -0.4 is 11.1 Å². The minimum Gasteiger partial charge on any atom is -0.376 e. The van der Waals surface area contributed by atoms with Gasteiger partial charge in [0.25, 0.3) is 0 Å². The first kappa shape index (κ1) is 11.3. The van der Waals surface area contributed by atoms with Crippen molar-refractivity contribution in [1.82, 2.24) is 5.32 Å². The Balaban J connectivity index is 1.97. The highest BCUT2D eigenvalue weighted by Gasteiger charge is 2.12. The molecule has 1 saturated carbocycles. The Kier molecular flexibility index (Phi) is 5.37. The molecule has 0 aromatic rings. The maximum atomic E-state index is 5.70. The first-order valence-electron chi connectivity index (χ1n) is 5.40. The zero-order valence-corrected chi connectivity index (χ0v) is 8.96. The van der Waals surface area contributed by atoms with E-state index in [0.29, 0.717) is 12.1 Å². The summed E-state index contributed by atoms with van der Waals surface area (Å²) in [5, 5.41) is 2.97. The summed E-state index contributed by atoms with van der Waals surface area (Å²) in [6.45, 7) is 1.47. The topological polar surface area (TPSA) is 59.6 Å². The number of nitrogens with two attached hydrogens (primary N) is 1. The molecule has 1 rings (SSSR count). The first-order chi connectivity index (χ1) is 6.83. The van der Waals surface area contributed by atoms with Gasteiger partial charge >= 0.3 is 0 Å². The lowest BCUT2D eigenvalue weighted by atomic mass is 9.98. The van der Waals surface area contributed by atoms with Crippen LogP contribution >= 0.6 is 0 Å². The van der Waals surface area contributed by atoms with Crippen LogP contribution in [0.2, 0.25) is 0 Å². The van der Waals surface area contributed by atoms with Gasteiger partial charge in [0, 0.05) is 13.6 Å². The van der Waals surface area contributed by atoms with Gasteiger partial charge in [-0.05, 0) is 12.8 Å². The van der Waals surface area contributed by atoms with E-state index in [1.807, 2.05) is 0 Å². The van der Waals surface area contributed by atoms with E-state index in [-0.39, 0.29) is 0 Å². The highest BCUT2D eigenvalue weighted by Crippen LogP contribution is 2.19. The van der Waals surface area contributed by atoms with E-state index in [1.165, 1.54) is 32.1 Å². The second-order valence-electron chi connectivity index (χ2n) is 3.67. The van der Waals surface area contributed by atoms with Crippen LogP contribution in [0.15, 0.2) is 4.99 Å². The van der Waals surface area contributed by atoms with Gasteiger partial charge in [-0.2, -0.15) is 0 Å². The third-order valence-electron chi connectivity index (χ3n) is 2.55. The van der Waals surface area contributed by atoms with Crippen LogP contribution in [0.1, 0.15) is 32.1 Å². The van der Waals surface area contributed by atoms with Gasteiger partial charge in [0.2, 0.25) is 0 Å². The minimum absolute atomic E-state index is 0.477. The molecule has 82 valence electrons. The molecule has 0 saturated heterocycles. The van der Waals surface area contributed by atoms with Gasteiger partial charge in [-0.15, -0.1) is 0 Å². The first-order valence-corrected chi connectivity index (χ1v) is 5.40. The second-order valence-corrected chi connectivity index (χ2v) is 3.67. The molecule has 0 heterocycles. The maximum Gasteiger partial charge on any atom is 0.188 e. The van der Waals surface area contributed by atoms with Crippen LogP contribution in [0.3, 0.4) is 0 Å². The normalized spacial score (nSPS) is 19.6. The van der Waals surface area contributed by atoms with E-state index in [2.05, 4.69) is 10.3 Å². The SMILES string of the molecule is CN=C(N)NCCOC1CCCCC1. The van der Waals surface area contributed by atoms with Gasteiger partial charge in [-0.25, -0.2) is 0 Å². The zero-order valence-electron chi connectivity index (χ0n) is 8.96. The number of nitrogens with zero attached hydrogens (tertiary/aromatic N) is 1. The van der Waals surface area contributed by atoms with Crippen LogP contribution in [-0.4, -0.2) is 32.3 Å². The van der Waals surface area contributed by atoms with Gasteiger partial charge in [0.1, 0.15) is 0 Å².